The van der Waals surface area contributed by atoms with E-state index in [2.05, 4.69) is 15.6 Å². The number of pyridine rings is 1. The number of nitrogens with zero attached hydrogens (tertiary/aromatic N) is 1. The fourth-order valence-electron chi connectivity index (χ4n) is 1.99. The molecule has 1 atom stereocenters. The molecule has 0 fully saturated rings. The molecule has 0 radical (unpaired) electrons. The second-order valence-corrected chi connectivity index (χ2v) is 5.41. The van der Waals surface area contributed by atoms with E-state index in [0.29, 0.717) is 16.3 Å². The fraction of sp³-hybridized carbons (Fsp3) is 0.250. The summed E-state index contributed by atoms with van der Waals surface area (Å²) < 4.78 is 29.2. The smallest absolute Gasteiger partial charge is 0.319 e. The van der Waals surface area contributed by atoms with Crippen molar-refractivity contribution in [2.75, 3.05) is 18.5 Å². The van der Waals surface area contributed by atoms with Crippen molar-refractivity contribution in [2.45, 2.75) is 12.5 Å². The van der Waals surface area contributed by atoms with Gasteiger partial charge < -0.3 is 20.5 Å². The third-order valence-electron chi connectivity index (χ3n) is 3.09. The van der Waals surface area contributed by atoms with Crippen LogP contribution in [-0.2, 0) is 0 Å². The molecule has 2 amide bonds. The average Bonchev–Trinajstić information content (AvgIpc) is 2.58. The number of aromatic nitrogens is 1. The molecule has 3 N–H and O–H groups in total. The molecular weight excluding hydrogens is 356 g/mol. The average molecular weight is 372 g/mol. The SMILES string of the molecule is O=C(Nc1cccc(Cl)c1)NC(CO)c1ccnc(OCC(F)F)c1. The molecule has 9 heteroatoms. The van der Waals surface area contributed by atoms with Crippen molar-refractivity contribution < 1.29 is 23.4 Å². The lowest BCUT2D eigenvalue weighted by Gasteiger charge is -2.18. The Morgan fingerprint density at radius 3 is 2.80 bits per heavy atom. The number of aliphatic hydroxyl groups is 1. The minimum absolute atomic E-state index is 0.0201. The maximum atomic E-state index is 12.2. The minimum atomic E-state index is -2.62. The first-order chi connectivity index (χ1) is 12.0. The fourth-order valence-corrected chi connectivity index (χ4v) is 2.19. The van der Waals surface area contributed by atoms with Gasteiger partial charge in [0.1, 0.15) is 0 Å². The van der Waals surface area contributed by atoms with Gasteiger partial charge in [-0.05, 0) is 29.8 Å². The predicted octanol–water partition coefficient (Wildman–Crippen LogP) is 3.23. The van der Waals surface area contributed by atoms with Crippen LogP contribution in [0.4, 0.5) is 19.3 Å². The number of urea groups is 1. The molecule has 134 valence electrons. The highest BCUT2D eigenvalue weighted by atomic mass is 35.5. The quantitative estimate of drug-likeness (QED) is 0.697. The lowest BCUT2D eigenvalue weighted by molar-refractivity contribution is 0.0795. The van der Waals surface area contributed by atoms with Gasteiger partial charge in [0.2, 0.25) is 5.88 Å². The molecule has 0 bridgehead atoms. The first kappa shape index (κ1) is 18.9. The van der Waals surface area contributed by atoms with Crippen LogP contribution in [-0.4, -0.2) is 35.8 Å². The third kappa shape index (κ3) is 6.17. The van der Waals surface area contributed by atoms with Gasteiger partial charge in [-0.3, -0.25) is 0 Å². The van der Waals surface area contributed by atoms with Crippen molar-refractivity contribution in [1.82, 2.24) is 10.3 Å². The van der Waals surface area contributed by atoms with Crippen molar-refractivity contribution in [3.63, 3.8) is 0 Å². The summed E-state index contributed by atoms with van der Waals surface area (Å²) in [5.74, 6) is -0.0201. The van der Waals surface area contributed by atoms with Crippen LogP contribution in [0, 0.1) is 0 Å². The molecule has 2 aromatic rings. The van der Waals surface area contributed by atoms with Crippen LogP contribution in [0.15, 0.2) is 42.6 Å². The van der Waals surface area contributed by atoms with E-state index in [0.717, 1.165) is 0 Å². The third-order valence-corrected chi connectivity index (χ3v) is 3.32. The monoisotopic (exact) mass is 371 g/mol. The number of benzene rings is 1. The Labute approximate surface area is 147 Å². The molecule has 0 saturated heterocycles. The number of anilines is 1. The van der Waals surface area contributed by atoms with Crippen molar-refractivity contribution in [2.24, 2.45) is 0 Å². The molecule has 0 aliphatic heterocycles. The van der Waals surface area contributed by atoms with E-state index in [1.54, 1.807) is 24.3 Å². The summed E-state index contributed by atoms with van der Waals surface area (Å²) in [7, 11) is 0. The van der Waals surface area contributed by atoms with Gasteiger partial charge in [-0.25, -0.2) is 18.6 Å². The molecule has 0 aliphatic carbocycles. The Morgan fingerprint density at radius 2 is 2.12 bits per heavy atom. The van der Waals surface area contributed by atoms with E-state index in [1.165, 1.54) is 18.3 Å². The minimum Gasteiger partial charge on any atom is -0.472 e. The highest BCUT2D eigenvalue weighted by molar-refractivity contribution is 6.30. The van der Waals surface area contributed by atoms with E-state index in [-0.39, 0.29) is 5.88 Å². The predicted molar refractivity (Wildman–Crippen MR) is 89.2 cm³/mol. The standard InChI is InChI=1S/C16H16ClF2N3O3/c17-11-2-1-3-12(7-11)21-16(24)22-13(8-23)10-4-5-20-15(6-10)25-9-14(18)19/h1-7,13-14,23H,8-9H2,(H2,21,22,24). The van der Waals surface area contributed by atoms with Crippen LogP contribution in [0.2, 0.25) is 5.02 Å². The molecule has 1 unspecified atom stereocenters. The summed E-state index contributed by atoms with van der Waals surface area (Å²) in [6.45, 7) is -1.19. The Balaban J connectivity index is 2.01. The van der Waals surface area contributed by atoms with Gasteiger partial charge >= 0.3 is 6.03 Å². The first-order valence-corrected chi connectivity index (χ1v) is 7.66. The molecule has 2 rings (SSSR count). The van der Waals surface area contributed by atoms with Crippen LogP contribution >= 0.6 is 11.6 Å². The number of alkyl halides is 2. The normalized spacial score (nSPS) is 11.9. The number of rotatable bonds is 7. The maximum absolute atomic E-state index is 12.2. The summed E-state index contributed by atoms with van der Waals surface area (Å²) in [5.41, 5.74) is 0.945. The van der Waals surface area contributed by atoms with Gasteiger partial charge in [0, 0.05) is 23.0 Å². The van der Waals surface area contributed by atoms with E-state index in [9.17, 15) is 18.7 Å². The summed E-state index contributed by atoms with van der Waals surface area (Å²) in [4.78, 5) is 15.8. The summed E-state index contributed by atoms with van der Waals surface area (Å²) in [5, 5.41) is 15.1. The van der Waals surface area contributed by atoms with Crippen molar-refractivity contribution >= 4 is 23.3 Å². The van der Waals surface area contributed by atoms with Crippen molar-refractivity contribution in [1.29, 1.82) is 0 Å². The molecule has 0 aliphatic rings. The van der Waals surface area contributed by atoms with E-state index < -0.39 is 31.7 Å². The number of hydrogen-bond acceptors (Lipinski definition) is 4. The van der Waals surface area contributed by atoms with Crippen LogP contribution in [0.1, 0.15) is 11.6 Å². The topological polar surface area (TPSA) is 83.5 Å². The Morgan fingerprint density at radius 1 is 1.32 bits per heavy atom. The van der Waals surface area contributed by atoms with E-state index >= 15 is 0 Å². The number of nitrogens with one attached hydrogen (secondary N) is 2. The second kappa shape index (κ2) is 9.14. The van der Waals surface area contributed by atoms with Crippen LogP contribution < -0.4 is 15.4 Å². The van der Waals surface area contributed by atoms with Crippen molar-refractivity contribution in [3.05, 3.63) is 53.2 Å². The van der Waals surface area contributed by atoms with Gasteiger partial charge in [-0.2, -0.15) is 0 Å². The molecule has 0 spiro atoms. The van der Waals surface area contributed by atoms with Crippen molar-refractivity contribution in [3.8, 4) is 5.88 Å². The van der Waals surface area contributed by atoms with Crippen LogP contribution in [0.3, 0.4) is 0 Å². The van der Waals surface area contributed by atoms with Gasteiger partial charge in [-0.15, -0.1) is 0 Å². The van der Waals surface area contributed by atoms with E-state index in [1.807, 2.05) is 0 Å². The van der Waals surface area contributed by atoms with E-state index in [4.69, 9.17) is 16.3 Å². The molecule has 1 aromatic heterocycles. The number of aliphatic hydroxyl groups excluding tert-OH is 1. The Bertz CT molecular complexity index is 719. The number of carbonyl (C=O) groups is 1. The highest BCUT2D eigenvalue weighted by Gasteiger charge is 2.15. The first-order valence-electron chi connectivity index (χ1n) is 7.28. The van der Waals surface area contributed by atoms with Gasteiger partial charge in [0.05, 0.1) is 12.6 Å². The maximum Gasteiger partial charge on any atom is 0.319 e. The molecule has 1 heterocycles. The molecule has 1 aromatic carbocycles. The summed E-state index contributed by atoms with van der Waals surface area (Å²) >= 11 is 5.84. The number of carbonyl (C=O) groups excluding carboxylic acids is 1. The second-order valence-electron chi connectivity index (χ2n) is 4.97. The van der Waals surface area contributed by atoms with Gasteiger partial charge in [0.15, 0.2) is 6.61 Å². The number of ether oxygens (including phenoxy) is 1. The lowest BCUT2D eigenvalue weighted by Crippen LogP contribution is -2.34. The highest BCUT2D eigenvalue weighted by Crippen LogP contribution is 2.18. The molecule has 6 nitrogen and oxygen atoms in total. The zero-order valence-electron chi connectivity index (χ0n) is 13.0. The number of amides is 2. The zero-order valence-corrected chi connectivity index (χ0v) is 13.7. The Kier molecular flexibility index (Phi) is 6.91. The Hall–Kier alpha value is -2.45. The lowest BCUT2D eigenvalue weighted by atomic mass is 10.1. The number of halogens is 3. The number of hydrogen-bond donors (Lipinski definition) is 3. The van der Waals surface area contributed by atoms with Crippen LogP contribution in [0.5, 0.6) is 5.88 Å². The summed E-state index contributed by atoms with van der Waals surface area (Å²) in [6.07, 6.45) is -1.28. The van der Waals surface area contributed by atoms with Gasteiger partial charge in [0.25, 0.3) is 6.43 Å². The zero-order chi connectivity index (χ0) is 18.2. The van der Waals surface area contributed by atoms with Crippen LogP contribution in [0.25, 0.3) is 0 Å². The molecular formula is C16H16ClF2N3O3. The molecule has 25 heavy (non-hydrogen) atoms. The van der Waals surface area contributed by atoms with Gasteiger partial charge in [-0.1, -0.05) is 17.7 Å². The largest absolute Gasteiger partial charge is 0.472 e. The molecule has 0 saturated carbocycles. The summed E-state index contributed by atoms with van der Waals surface area (Å²) in [6, 6.07) is 8.15.